The van der Waals surface area contributed by atoms with Crippen LogP contribution in [0.25, 0.3) is 0 Å². The number of aromatic nitrogens is 2. The second-order valence-corrected chi connectivity index (χ2v) is 4.42. The molecule has 1 heterocycles. The molecule has 0 saturated carbocycles. The van der Waals surface area contributed by atoms with Crippen molar-refractivity contribution in [1.82, 2.24) is 9.55 Å². The maximum absolute atomic E-state index is 5.91. The van der Waals surface area contributed by atoms with Crippen molar-refractivity contribution in [3.8, 4) is 0 Å². The van der Waals surface area contributed by atoms with Crippen LogP contribution in [-0.4, -0.2) is 9.55 Å². The van der Waals surface area contributed by atoms with Gasteiger partial charge in [0.1, 0.15) is 0 Å². The molecule has 2 rings (SSSR count). The normalized spacial score (nSPS) is 10.5. The number of benzene rings is 1. The van der Waals surface area contributed by atoms with Crippen molar-refractivity contribution in [1.29, 1.82) is 0 Å². The fourth-order valence-electron chi connectivity index (χ4n) is 1.42. The Balaban J connectivity index is 2.02. The van der Waals surface area contributed by atoms with Gasteiger partial charge < -0.3 is 4.57 Å². The Kier molecular flexibility index (Phi) is 3.44. The van der Waals surface area contributed by atoms with Crippen LogP contribution in [0.1, 0.15) is 5.56 Å². The van der Waals surface area contributed by atoms with Crippen LogP contribution in [0.2, 0.25) is 5.02 Å². The predicted molar refractivity (Wildman–Crippen MR) is 65.1 cm³/mol. The molecule has 0 saturated heterocycles. The summed E-state index contributed by atoms with van der Waals surface area (Å²) in [6, 6.07) is 7.93. The lowest BCUT2D eigenvalue weighted by Gasteiger charge is -2.04. The van der Waals surface area contributed by atoms with Gasteiger partial charge in [0.25, 0.3) is 0 Å². The van der Waals surface area contributed by atoms with Crippen molar-refractivity contribution >= 4 is 27.5 Å². The van der Waals surface area contributed by atoms with Crippen LogP contribution < -0.4 is 0 Å². The molecule has 0 aliphatic rings. The van der Waals surface area contributed by atoms with Crippen molar-refractivity contribution in [3.63, 3.8) is 0 Å². The van der Waals surface area contributed by atoms with Gasteiger partial charge >= 0.3 is 0 Å². The van der Waals surface area contributed by atoms with Gasteiger partial charge in [0, 0.05) is 24.0 Å². The zero-order valence-corrected chi connectivity index (χ0v) is 10.4. The zero-order chi connectivity index (χ0) is 10.7. The number of aryl methyl sites for hydroxylation is 2. The molecule has 2 nitrogen and oxygen atoms in total. The molecule has 2 aromatic rings. The number of hydrogen-bond acceptors (Lipinski definition) is 1. The quantitative estimate of drug-likeness (QED) is 0.843. The van der Waals surface area contributed by atoms with E-state index in [0.29, 0.717) is 0 Å². The molecule has 0 bridgehead atoms. The predicted octanol–water partition coefficient (Wildman–Crippen LogP) is 3.54. The van der Waals surface area contributed by atoms with Gasteiger partial charge in [-0.15, -0.1) is 0 Å². The first-order valence-corrected chi connectivity index (χ1v) is 5.84. The number of halogens is 2. The molecule has 0 unspecified atom stereocenters. The summed E-state index contributed by atoms with van der Waals surface area (Å²) >= 11 is 9.29. The molecule has 4 heteroatoms. The van der Waals surface area contributed by atoms with Gasteiger partial charge in [0.2, 0.25) is 0 Å². The Morgan fingerprint density at radius 2 is 2.27 bits per heavy atom. The van der Waals surface area contributed by atoms with E-state index in [1.54, 1.807) is 6.20 Å². The van der Waals surface area contributed by atoms with Crippen molar-refractivity contribution in [3.05, 3.63) is 52.0 Å². The summed E-state index contributed by atoms with van der Waals surface area (Å²) in [5.41, 5.74) is 1.24. The summed E-state index contributed by atoms with van der Waals surface area (Å²) < 4.78 is 2.92. The largest absolute Gasteiger partial charge is 0.325 e. The molecule has 0 amide bonds. The second kappa shape index (κ2) is 4.81. The first-order chi connectivity index (χ1) is 7.25. The van der Waals surface area contributed by atoms with Crippen molar-refractivity contribution < 1.29 is 0 Å². The van der Waals surface area contributed by atoms with Crippen LogP contribution in [0.4, 0.5) is 0 Å². The Labute approximate surface area is 102 Å². The summed E-state index contributed by atoms with van der Waals surface area (Å²) in [7, 11) is 0. The van der Waals surface area contributed by atoms with E-state index in [-0.39, 0.29) is 0 Å². The lowest BCUT2D eigenvalue weighted by molar-refractivity contribution is 0.680. The molecule has 0 aliphatic heterocycles. The van der Waals surface area contributed by atoms with Gasteiger partial charge in [-0.05, 0) is 40.0 Å². The molecule has 78 valence electrons. The SMILES string of the molecule is Clc1cccc(CCn2ccnc2Br)c1. The molecule has 0 N–H and O–H groups in total. The van der Waals surface area contributed by atoms with Crippen LogP contribution in [0.5, 0.6) is 0 Å². The Bertz CT molecular complexity index is 453. The van der Waals surface area contributed by atoms with E-state index in [1.807, 2.05) is 24.4 Å². The van der Waals surface area contributed by atoms with Crippen LogP contribution in [0, 0.1) is 0 Å². The lowest BCUT2D eigenvalue weighted by atomic mass is 10.1. The minimum atomic E-state index is 0.789. The van der Waals surface area contributed by atoms with E-state index in [2.05, 4.69) is 31.5 Å². The molecule has 0 aliphatic carbocycles. The van der Waals surface area contributed by atoms with Gasteiger partial charge in [0.15, 0.2) is 4.73 Å². The molecule has 0 radical (unpaired) electrons. The van der Waals surface area contributed by atoms with Crippen LogP contribution in [0.15, 0.2) is 41.4 Å². The fourth-order valence-corrected chi connectivity index (χ4v) is 2.05. The summed E-state index contributed by atoms with van der Waals surface area (Å²) in [5, 5.41) is 0.789. The standard InChI is InChI=1S/C11H10BrClN2/c12-11-14-5-7-15(11)6-4-9-2-1-3-10(13)8-9/h1-3,5,7-8H,4,6H2. The summed E-state index contributed by atoms with van der Waals surface area (Å²) in [6.45, 7) is 0.904. The van der Waals surface area contributed by atoms with E-state index in [0.717, 1.165) is 22.7 Å². The van der Waals surface area contributed by atoms with Crippen LogP contribution >= 0.6 is 27.5 Å². The van der Waals surface area contributed by atoms with E-state index in [4.69, 9.17) is 11.6 Å². The molecular weight excluding hydrogens is 275 g/mol. The summed E-state index contributed by atoms with van der Waals surface area (Å²) in [6.07, 6.45) is 4.69. The maximum atomic E-state index is 5.91. The summed E-state index contributed by atoms with van der Waals surface area (Å²) in [4.78, 5) is 4.10. The first kappa shape index (κ1) is 10.7. The number of nitrogens with zero attached hydrogens (tertiary/aromatic N) is 2. The van der Waals surface area contributed by atoms with Crippen molar-refractivity contribution in [2.24, 2.45) is 0 Å². The average molecular weight is 286 g/mol. The first-order valence-electron chi connectivity index (χ1n) is 4.67. The van der Waals surface area contributed by atoms with Crippen LogP contribution in [-0.2, 0) is 13.0 Å². The minimum Gasteiger partial charge on any atom is -0.325 e. The Morgan fingerprint density at radius 1 is 1.40 bits per heavy atom. The number of imidazole rings is 1. The van der Waals surface area contributed by atoms with Gasteiger partial charge in [-0.2, -0.15) is 0 Å². The highest BCUT2D eigenvalue weighted by Gasteiger charge is 1.99. The van der Waals surface area contributed by atoms with E-state index in [9.17, 15) is 0 Å². The highest BCUT2D eigenvalue weighted by atomic mass is 79.9. The minimum absolute atomic E-state index is 0.789. The summed E-state index contributed by atoms with van der Waals surface area (Å²) in [5.74, 6) is 0. The topological polar surface area (TPSA) is 17.8 Å². The smallest absolute Gasteiger partial charge is 0.177 e. The molecule has 1 aromatic carbocycles. The van der Waals surface area contributed by atoms with Gasteiger partial charge in [-0.3, -0.25) is 0 Å². The van der Waals surface area contributed by atoms with Crippen molar-refractivity contribution in [2.45, 2.75) is 13.0 Å². The molecule has 0 spiro atoms. The highest BCUT2D eigenvalue weighted by molar-refractivity contribution is 9.10. The zero-order valence-electron chi connectivity index (χ0n) is 8.03. The number of rotatable bonds is 3. The van der Waals surface area contributed by atoms with E-state index < -0.39 is 0 Å². The van der Waals surface area contributed by atoms with Gasteiger partial charge in [-0.25, -0.2) is 4.98 Å². The van der Waals surface area contributed by atoms with Gasteiger partial charge in [-0.1, -0.05) is 23.7 Å². The molecular formula is C11H10BrClN2. The third-order valence-corrected chi connectivity index (χ3v) is 3.09. The van der Waals surface area contributed by atoms with E-state index in [1.165, 1.54) is 5.56 Å². The van der Waals surface area contributed by atoms with E-state index >= 15 is 0 Å². The lowest BCUT2D eigenvalue weighted by Crippen LogP contribution is -2.00. The highest BCUT2D eigenvalue weighted by Crippen LogP contribution is 2.13. The van der Waals surface area contributed by atoms with Gasteiger partial charge in [0.05, 0.1) is 0 Å². The van der Waals surface area contributed by atoms with Crippen LogP contribution in [0.3, 0.4) is 0 Å². The Hall–Kier alpha value is -0.800. The second-order valence-electron chi connectivity index (χ2n) is 3.27. The Morgan fingerprint density at radius 3 is 2.93 bits per heavy atom. The monoisotopic (exact) mass is 284 g/mol. The molecule has 0 fully saturated rings. The average Bonchev–Trinajstić information content (AvgIpc) is 2.61. The third-order valence-electron chi connectivity index (χ3n) is 2.20. The number of hydrogen-bond donors (Lipinski definition) is 0. The maximum Gasteiger partial charge on any atom is 0.177 e. The fraction of sp³-hybridized carbons (Fsp3) is 0.182. The third kappa shape index (κ3) is 2.83. The molecule has 15 heavy (non-hydrogen) atoms. The molecule has 1 aromatic heterocycles. The molecule has 0 atom stereocenters. The van der Waals surface area contributed by atoms with Crippen molar-refractivity contribution in [2.75, 3.05) is 0 Å².